The Bertz CT molecular complexity index is 633. The summed E-state index contributed by atoms with van der Waals surface area (Å²) in [6.07, 6.45) is 1.51. The Morgan fingerprint density at radius 2 is 1.80 bits per heavy atom. The van der Waals surface area contributed by atoms with E-state index >= 15 is 0 Å². The summed E-state index contributed by atoms with van der Waals surface area (Å²) in [5.74, 6) is 0.197. The molecule has 0 saturated heterocycles. The molecule has 0 aliphatic rings. The van der Waals surface area contributed by atoms with Gasteiger partial charge in [0, 0.05) is 23.1 Å². The fourth-order valence-corrected chi connectivity index (χ4v) is 1.98. The lowest BCUT2D eigenvalue weighted by atomic mass is 10.1. The molecule has 0 atom stereocenters. The summed E-state index contributed by atoms with van der Waals surface area (Å²) < 4.78 is 4.96. The number of hydrogen-bond donors (Lipinski definition) is 0. The molecule has 0 fully saturated rings. The topological polar surface area (TPSA) is 65.0 Å². The summed E-state index contributed by atoms with van der Waals surface area (Å²) >= 11 is 0. The zero-order valence-corrected chi connectivity index (χ0v) is 12.1. The summed E-state index contributed by atoms with van der Waals surface area (Å²) in [7, 11) is 0. The molecule has 2 heterocycles. The van der Waals surface area contributed by atoms with Crippen LogP contribution in [-0.2, 0) is 4.74 Å². The monoisotopic (exact) mass is 271 g/mol. The highest BCUT2D eigenvalue weighted by Crippen LogP contribution is 2.18. The number of pyridine rings is 1. The minimum Gasteiger partial charge on any atom is -0.462 e. The van der Waals surface area contributed by atoms with Gasteiger partial charge in [-0.25, -0.2) is 14.8 Å². The first-order valence-corrected chi connectivity index (χ1v) is 6.47. The molecule has 20 heavy (non-hydrogen) atoms. The maximum atomic E-state index is 11.7. The molecule has 5 heteroatoms. The first kappa shape index (κ1) is 14.1. The Hall–Kier alpha value is -2.30. The molecule has 0 amide bonds. The number of aryl methyl sites for hydroxylation is 3. The van der Waals surface area contributed by atoms with Crippen LogP contribution in [0.1, 0.15) is 34.4 Å². The first-order valence-electron chi connectivity index (χ1n) is 6.47. The van der Waals surface area contributed by atoms with Gasteiger partial charge in [-0.15, -0.1) is 0 Å². The Morgan fingerprint density at radius 3 is 2.35 bits per heavy atom. The van der Waals surface area contributed by atoms with Crippen LogP contribution in [0.3, 0.4) is 0 Å². The fraction of sp³-hybridized carbons (Fsp3) is 0.333. The lowest BCUT2D eigenvalue weighted by Gasteiger charge is -2.07. The van der Waals surface area contributed by atoms with Crippen molar-refractivity contribution in [1.82, 2.24) is 15.0 Å². The van der Waals surface area contributed by atoms with Gasteiger partial charge in [0.05, 0.1) is 17.9 Å². The van der Waals surface area contributed by atoms with Crippen molar-refractivity contribution in [3.8, 4) is 11.4 Å². The average molecular weight is 271 g/mol. The zero-order chi connectivity index (χ0) is 14.7. The molecule has 0 aliphatic carbocycles. The number of hydrogen-bond acceptors (Lipinski definition) is 5. The van der Waals surface area contributed by atoms with Gasteiger partial charge < -0.3 is 4.74 Å². The van der Waals surface area contributed by atoms with E-state index in [4.69, 9.17) is 4.74 Å². The van der Waals surface area contributed by atoms with Gasteiger partial charge in [-0.3, -0.25) is 4.98 Å². The van der Waals surface area contributed by atoms with Crippen LogP contribution in [0.5, 0.6) is 0 Å². The van der Waals surface area contributed by atoms with E-state index in [2.05, 4.69) is 15.0 Å². The Kier molecular flexibility index (Phi) is 4.08. The quantitative estimate of drug-likeness (QED) is 0.803. The van der Waals surface area contributed by atoms with Crippen molar-refractivity contribution in [3.63, 3.8) is 0 Å². The Balaban J connectivity index is 2.40. The van der Waals surface area contributed by atoms with E-state index in [-0.39, 0.29) is 0 Å². The highest BCUT2D eigenvalue weighted by molar-refractivity contribution is 5.90. The van der Waals surface area contributed by atoms with Crippen LogP contribution >= 0.6 is 0 Å². The standard InChI is InChI=1S/C15H17N3O2/c1-5-20-15(19)13-8-16-14(18-11(13)4)12-6-9(2)17-10(3)7-12/h6-8H,5H2,1-4H3. The number of ether oxygens (including phenoxy) is 1. The van der Waals surface area contributed by atoms with Gasteiger partial charge in [0.25, 0.3) is 0 Å². The molecule has 2 rings (SSSR count). The van der Waals surface area contributed by atoms with Crippen LogP contribution in [0.2, 0.25) is 0 Å². The van der Waals surface area contributed by atoms with Gasteiger partial charge >= 0.3 is 5.97 Å². The van der Waals surface area contributed by atoms with Crippen molar-refractivity contribution in [1.29, 1.82) is 0 Å². The molecule has 2 aromatic rings. The molecule has 0 N–H and O–H groups in total. The molecule has 0 unspecified atom stereocenters. The molecule has 0 saturated carbocycles. The van der Waals surface area contributed by atoms with Gasteiger partial charge in [-0.2, -0.15) is 0 Å². The third-order valence-corrected chi connectivity index (χ3v) is 2.81. The third-order valence-electron chi connectivity index (χ3n) is 2.81. The van der Waals surface area contributed by atoms with E-state index in [0.717, 1.165) is 17.0 Å². The molecule has 0 spiro atoms. The number of aromatic nitrogens is 3. The molecular weight excluding hydrogens is 254 g/mol. The fourth-order valence-electron chi connectivity index (χ4n) is 1.98. The largest absolute Gasteiger partial charge is 0.462 e. The van der Waals surface area contributed by atoms with Gasteiger partial charge in [0.1, 0.15) is 0 Å². The number of esters is 1. The van der Waals surface area contributed by atoms with E-state index in [1.807, 2.05) is 26.0 Å². The average Bonchev–Trinajstić information content (AvgIpc) is 2.37. The van der Waals surface area contributed by atoms with Crippen molar-refractivity contribution in [2.45, 2.75) is 27.7 Å². The third kappa shape index (κ3) is 2.99. The van der Waals surface area contributed by atoms with Gasteiger partial charge in [-0.05, 0) is 39.8 Å². The van der Waals surface area contributed by atoms with Crippen LogP contribution in [-0.4, -0.2) is 27.5 Å². The number of carbonyl (C=O) groups is 1. The molecule has 2 aromatic heterocycles. The number of carbonyl (C=O) groups excluding carboxylic acids is 1. The lowest BCUT2D eigenvalue weighted by molar-refractivity contribution is 0.0524. The van der Waals surface area contributed by atoms with E-state index in [0.29, 0.717) is 23.7 Å². The van der Waals surface area contributed by atoms with Crippen molar-refractivity contribution >= 4 is 5.97 Å². The molecule has 104 valence electrons. The maximum Gasteiger partial charge on any atom is 0.341 e. The Labute approximate surface area is 118 Å². The lowest BCUT2D eigenvalue weighted by Crippen LogP contribution is -2.09. The van der Waals surface area contributed by atoms with Gasteiger partial charge in [-0.1, -0.05) is 0 Å². The van der Waals surface area contributed by atoms with Crippen molar-refractivity contribution in [2.75, 3.05) is 6.61 Å². The highest BCUT2D eigenvalue weighted by atomic mass is 16.5. The molecule has 0 radical (unpaired) electrons. The summed E-state index contributed by atoms with van der Waals surface area (Å²) in [6, 6.07) is 3.84. The predicted octanol–water partition coefficient (Wildman–Crippen LogP) is 2.64. The zero-order valence-electron chi connectivity index (χ0n) is 12.1. The summed E-state index contributed by atoms with van der Waals surface area (Å²) in [4.78, 5) is 24.7. The van der Waals surface area contributed by atoms with E-state index in [1.165, 1.54) is 6.20 Å². The number of rotatable bonds is 3. The SMILES string of the molecule is CCOC(=O)c1cnc(-c2cc(C)nc(C)c2)nc1C. The highest BCUT2D eigenvalue weighted by Gasteiger charge is 2.13. The molecule has 0 bridgehead atoms. The van der Waals surface area contributed by atoms with Crippen molar-refractivity contribution < 1.29 is 9.53 Å². The molecule has 5 nitrogen and oxygen atoms in total. The van der Waals surface area contributed by atoms with Crippen LogP contribution in [0.4, 0.5) is 0 Å². The molecular formula is C15H17N3O2. The second kappa shape index (κ2) is 5.77. The maximum absolute atomic E-state index is 11.7. The van der Waals surface area contributed by atoms with Crippen LogP contribution in [0.15, 0.2) is 18.3 Å². The number of nitrogens with zero attached hydrogens (tertiary/aromatic N) is 3. The second-order valence-corrected chi connectivity index (χ2v) is 4.55. The summed E-state index contributed by atoms with van der Waals surface area (Å²) in [5.41, 5.74) is 3.73. The van der Waals surface area contributed by atoms with Gasteiger partial charge in [0.15, 0.2) is 5.82 Å². The van der Waals surface area contributed by atoms with Crippen molar-refractivity contribution in [3.05, 3.63) is 41.0 Å². The Morgan fingerprint density at radius 1 is 1.15 bits per heavy atom. The molecule has 0 aromatic carbocycles. The summed E-state index contributed by atoms with van der Waals surface area (Å²) in [6.45, 7) is 7.73. The minimum absolute atomic E-state index is 0.336. The smallest absolute Gasteiger partial charge is 0.341 e. The van der Waals surface area contributed by atoms with Gasteiger partial charge in [0.2, 0.25) is 0 Å². The van der Waals surface area contributed by atoms with Crippen LogP contribution in [0.25, 0.3) is 11.4 Å². The normalized spacial score (nSPS) is 10.4. The second-order valence-electron chi connectivity index (χ2n) is 4.55. The van der Waals surface area contributed by atoms with Crippen LogP contribution < -0.4 is 0 Å². The minimum atomic E-state index is -0.390. The van der Waals surface area contributed by atoms with E-state index in [1.54, 1.807) is 13.8 Å². The van der Waals surface area contributed by atoms with Crippen LogP contribution in [0, 0.1) is 20.8 Å². The first-order chi connectivity index (χ1) is 9.51. The van der Waals surface area contributed by atoms with Crippen molar-refractivity contribution in [2.24, 2.45) is 0 Å². The predicted molar refractivity (Wildman–Crippen MR) is 75.4 cm³/mol. The summed E-state index contributed by atoms with van der Waals surface area (Å²) in [5, 5.41) is 0. The molecule has 0 aliphatic heterocycles. The van der Waals surface area contributed by atoms with E-state index in [9.17, 15) is 4.79 Å². The van der Waals surface area contributed by atoms with E-state index < -0.39 is 5.97 Å².